The van der Waals surface area contributed by atoms with Gasteiger partial charge in [0.05, 0.1) is 25.2 Å². The third-order valence-electron chi connectivity index (χ3n) is 4.93. The van der Waals surface area contributed by atoms with E-state index < -0.39 is 6.10 Å². The Morgan fingerprint density at radius 3 is 2.69 bits per heavy atom. The van der Waals surface area contributed by atoms with Gasteiger partial charge >= 0.3 is 0 Å². The van der Waals surface area contributed by atoms with E-state index in [1.54, 1.807) is 4.90 Å². The smallest absolute Gasteiger partial charge is 0.227 e. The Morgan fingerprint density at radius 1 is 1.31 bits per heavy atom. The number of morpholine rings is 1. The van der Waals surface area contributed by atoms with Crippen molar-refractivity contribution in [3.8, 4) is 0 Å². The van der Waals surface area contributed by atoms with Gasteiger partial charge in [0.1, 0.15) is 0 Å². The van der Waals surface area contributed by atoms with Crippen LogP contribution in [0, 0.1) is 12.8 Å². The lowest BCUT2D eigenvalue weighted by molar-refractivity contribution is -0.126. The van der Waals surface area contributed by atoms with E-state index in [9.17, 15) is 14.7 Å². The molecule has 2 heterocycles. The third-order valence-corrected chi connectivity index (χ3v) is 4.93. The van der Waals surface area contributed by atoms with Gasteiger partial charge in [-0.05, 0) is 19.1 Å². The number of ether oxygens (including phenoxy) is 1. The lowest BCUT2D eigenvalue weighted by atomic mass is 10.1. The largest absolute Gasteiger partial charge is 0.390 e. The van der Waals surface area contributed by atoms with E-state index in [0.717, 1.165) is 24.3 Å². The van der Waals surface area contributed by atoms with Crippen molar-refractivity contribution >= 4 is 17.5 Å². The molecule has 142 valence electrons. The Bertz CT molecular complexity index is 628. The number of β-amino-alcohol motifs (C(OH)–C–C–N with tert-alkyl or cyclic N) is 1. The first kappa shape index (κ1) is 18.8. The maximum atomic E-state index is 12.4. The van der Waals surface area contributed by atoms with Crippen molar-refractivity contribution in [1.29, 1.82) is 0 Å². The highest BCUT2D eigenvalue weighted by molar-refractivity contribution is 6.00. The van der Waals surface area contributed by atoms with Crippen LogP contribution in [-0.2, 0) is 14.3 Å². The van der Waals surface area contributed by atoms with E-state index in [-0.39, 0.29) is 30.7 Å². The van der Waals surface area contributed by atoms with Crippen LogP contribution in [0.1, 0.15) is 12.0 Å². The normalized spacial score (nSPS) is 22.5. The predicted octanol–water partition coefficient (Wildman–Crippen LogP) is 0.157. The molecule has 0 radical (unpaired) electrons. The lowest BCUT2D eigenvalue weighted by Gasteiger charge is -2.28. The van der Waals surface area contributed by atoms with Crippen LogP contribution in [0.5, 0.6) is 0 Å². The second-order valence-electron chi connectivity index (χ2n) is 7.05. The fraction of sp³-hybridized carbons (Fsp3) is 0.579. The number of anilines is 1. The fourth-order valence-corrected chi connectivity index (χ4v) is 3.37. The van der Waals surface area contributed by atoms with Crippen LogP contribution in [0.2, 0.25) is 0 Å². The number of benzene rings is 1. The number of aliphatic hydroxyl groups is 1. The van der Waals surface area contributed by atoms with Crippen molar-refractivity contribution in [2.45, 2.75) is 19.4 Å². The van der Waals surface area contributed by atoms with E-state index in [1.165, 1.54) is 0 Å². The molecule has 1 aromatic carbocycles. The summed E-state index contributed by atoms with van der Waals surface area (Å²) < 4.78 is 5.28. The van der Waals surface area contributed by atoms with Gasteiger partial charge in [-0.2, -0.15) is 0 Å². The number of carbonyl (C=O) groups is 2. The van der Waals surface area contributed by atoms with Gasteiger partial charge in [0.2, 0.25) is 11.8 Å². The number of hydrogen-bond acceptors (Lipinski definition) is 5. The Labute approximate surface area is 153 Å². The van der Waals surface area contributed by atoms with Crippen LogP contribution in [0.3, 0.4) is 0 Å². The number of nitrogens with one attached hydrogen (secondary N) is 1. The summed E-state index contributed by atoms with van der Waals surface area (Å²) in [5.41, 5.74) is 1.95. The summed E-state index contributed by atoms with van der Waals surface area (Å²) in [5, 5.41) is 12.9. The molecule has 2 aliphatic rings. The minimum Gasteiger partial charge on any atom is -0.390 e. The molecule has 2 saturated heterocycles. The molecule has 2 amide bonds. The number of rotatable bonds is 6. The van der Waals surface area contributed by atoms with Crippen molar-refractivity contribution in [3.05, 3.63) is 29.8 Å². The van der Waals surface area contributed by atoms with E-state index in [2.05, 4.69) is 10.2 Å². The monoisotopic (exact) mass is 361 g/mol. The van der Waals surface area contributed by atoms with Crippen LogP contribution >= 0.6 is 0 Å². The van der Waals surface area contributed by atoms with Gasteiger partial charge in [0, 0.05) is 44.8 Å². The summed E-state index contributed by atoms with van der Waals surface area (Å²) in [6.45, 7) is 6.05. The Hall–Kier alpha value is -1.96. The number of nitrogens with zero attached hydrogens (tertiary/aromatic N) is 2. The summed E-state index contributed by atoms with van der Waals surface area (Å²) in [7, 11) is 0. The van der Waals surface area contributed by atoms with Crippen LogP contribution < -0.4 is 10.2 Å². The minimum absolute atomic E-state index is 0.0390. The molecule has 2 N–H and O–H groups in total. The fourth-order valence-electron chi connectivity index (χ4n) is 3.37. The standard InChI is InChI=1S/C19H27N3O4/c1-14-2-4-16(5-3-14)22-12-15(10-18(22)24)19(25)20-11-17(23)13-21-6-8-26-9-7-21/h2-5,15,17,23H,6-13H2,1H3,(H,20,25)/t15-,17+/m1/s1. The number of aryl methyl sites for hydroxylation is 1. The van der Waals surface area contributed by atoms with Gasteiger partial charge in [-0.1, -0.05) is 17.7 Å². The summed E-state index contributed by atoms with van der Waals surface area (Å²) >= 11 is 0. The first-order valence-electron chi connectivity index (χ1n) is 9.16. The molecule has 7 heteroatoms. The van der Waals surface area contributed by atoms with Crippen LogP contribution in [0.25, 0.3) is 0 Å². The molecule has 0 saturated carbocycles. The maximum absolute atomic E-state index is 12.4. The molecule has 3 rings (SSSR count). The van der Waals surface area contributed by atoms with Gasteiger partial charge in [-0.15, -0.1) is 0 Å². The number of amides is 2. The molecule has 0 spiro atoms. The zero-order valence-electron chi connectivity index (χ0n) is 15.2. The second-order valence-corrected chi connectivity index (χ2v) is 7.05. The van der Waals surface area contributed by atoms with Gasteiger partial charge in [-0.25, -0.2) is 0 Å². The zero-order valence-corrected chi connectivity index (χ0v) is 15.2. The van der Waals surface area contributed by atoms with Crippen LogP contribution in [0.4, 0.5) is 5.69 Å². The van der Waals surface area contributed by atoms with Crippen molar-refractivity contribution in [1.82, 2.24) is 10.2 Å². The molecule has 0 bridgehead atoms. The van der Waals surface area contributed by atoms with Gasteiger partial charge < -0.3 is 20.1 Å². The van der Waals surface area contributed by atoms with Crippen molar-refractivity contribution in [3.63, 3.8) is 0 Å². The van der Waals surface area contributed by atoms with Crippen molar-refractivity contribution < 1.29 is 19.4 Å². The summed E-state index contributed by atoms with van der Waals surface area (Å²) in [4.78, 5) is 28.4. The molecule has 1 aromatic rings. The zero-order chi connectivity index (χ0) is 18.5. The van der Waals surface area contributed by atoms with E-state index in [0.29, 0.717) is 26.3 Å². The SMILES string of the molecule is Cc1ccc(N2C[C@H](C(=O)NC[C@H](O)CN3CCOCC3)CC2=O)cc1. The van der Waals surface area contributed by atoms with Crippen molar-refractivity contribution in [2.24, 2.45) is 5.92 Å². The topological polar surface area (TPSA) is 82.1 Å². The maximum Gasteiger partial charge on any atom is 0.227 e. The summed E-state index contributed by atoms with van der Waals surface area (Å²) in [5.74, 6) is -0.587. The highest BCUT2D eigenvalue weighted by Gasteiger charge is 2.35. The average molecular weight is 361 g/mol. The molecule has 26 heavy (non-hydrogen) atoms. The first-order valence-corrected chi connectivity index (χ1v) is 9.16. The minimum atomic E-state index is -0.623. The summed E-state index contributed by atoms with van der Waals surface area (Å²) in [6.07, 6.45) is -0.415. The Morgan fingerprint density at radius 2 is 2.00 bits per heavy atom. The van der Waals surface area contributed by atoms with Crippen LogP contribution in [-0.4, -0.2) is 73.9 Å². The first-order chi connectivity index (χ1) is 12.5. The predicted molar refractivity (Wildman–Crippen MR) is 97.9 cm³/mol. The quantitative estimate of drug-likeness (QED) is 0.754. The molecule has 0 aliphatic carbocycles. The highest BCUT2D eigenvalue weighted by atomic mass is 16.5. The lowest BCUT2D eigenvalue weighted by Crippen LogP contribution is -2.45. The highest BCUT2D eigenvalue weighted by Crippen LogP contribution is 2.25. The molecule has 2 aliphatic heterocycles. The molecular formula is C19H27N3O4. The summed E-state index contributed by atoms with van der Waals surface area (Å²) in [6, 6.07) is 7.72. The van der Waals surface area contributed by atoms with Gasteiger partial charge in [0.15, 0.2) is 0 Å². The number of hydrogen-bond donors (Lipinski definition) is 2. The molecule has 2 fully saturated rings. The molecule has 0 unspecified atom stereocenters. The van der Waals surface area contributed by atoms with E-state index >= 15 is 0 Å². The number of carbonyl (C=O) groups excluding carboxylic acids is 2. The molecular weight excluding hydrogens is 334 g/mol. The number of aliphatic hydroxyl groups excluding tert-OH is 1. The Balaban J connectivity index is 1.46. The van der Waals surface area contributed by atoms with E-state index in [4.69, 9.17) is 4.74 Å². The Kier molecular flexibility index (Phi) is 6.24. The van der Waals surface area contributed by atoms with E-state index in [1.807, 2.05) is 31.2 Å². The average Bonchev–Trinajstić information content (AvgIpc) is 3.03. The molecule has 7 nitrogen and oxygen atoms in total. The van der Waals surface area contributed by atoms with Gasteiger partial charge in [0.25, 0.3) is 0 Å². The molecule has 0 aromatic heterocycles. The molecule has 2 atom stereocenters. The van der Waals surface area contributed by atoms with Gasteiger partial charge in [-0.3, -0.25) is 14.5 Å². The second kappa shape index (κ2) is 8.62. The third kappa shape index (κ3) is 4.81. The van der Waals surface area contributed by atoms with Crippen LogP contribution in [0.15, 0.2) is 24.3 Å². The van der Waals surface area contributed by atoms with Crippen molar-refractivity contribution in [2.75, 3.05) is 50.8 Å².